The summed E-state index contributed by atoms with van der Waals surface area (Å²) in [4.78, 5) is 2.01. The molecule has 0 aromatic rings. The lowest BCUT2D eigenvalue weighted by Gasteiger charge is -2.21. The normalized spacial score (nSPS) is 14.1. The van der Waals surface area contributed by atoms with Gasteiger partial charge in [-0.2, -0.15) is 0 Å². The maximum absolute atomic E-state index is 12.9. The molecule has 2 nitrogen and oxygen atoms in total. The van der Waals surface area contributed by atoms with Crippen molar-refractivity contribution in [1.29, 1.82) is 0 Å². The van der Waals surface area contributed by atoms with Gasteiger partial charge in [0.2, 0.25) is 0 Å². The summed E-state index contributed by atoms with van der Waals surface area (Å²) in [6.45, 7) is 15.8. The molecule has 0 radical (unpaired) electrons. The van der Waals surface area contributed by atoms with Crippen LogP contribution in [0.3, 0.4) is 0 Å². The van der Waals surface area contributed by atoms with Crippen molar-refractivity contribution in [3.63, 3.8) is 0 Å². The number of hydrogen-bond acceptors (Lipinski definition) is 2. The van der Waals surface area contributed by atoms with Gasteiger partial charge in [-0.15, -0.1) is 0 Å². The molecule has 0 aliphatic heterocycles. The molecule has 0 aromatic heterocycles. The summed E-state index contributed by atoms with van der Waals surface area (Å²) >= 11 is 17.5. The highest BCUT2D eigenvalue weighted by atomic mass is 35.5. The SMILES string of the molecule is C=C\C=C(/C=C/C(C=C)=C/C=C/Cl)CN(/C=C/C(Cl)=C\C(Cl)=C\O)CCC(=C)/C=C\C(=C)F. The molecule has 6 heteroatoms. The van der Waals surface area contributed by atoms with Crippen molar-refractivity contribution in [2.45, 2.75) is 6.42 Å². The molecule has 33 heavy (non-hydrogen) atoms. The highest BCUT2D eigenvalue weighted by Crippen LogP contribution is 2.14. The molecular weight excluding hydrogens is 480 g/mol. The molecule has 0 rings (SSSR count). The first kappa shape index (κ1) is 30.3. The van der Waals surface area contributed by atoms with Gasteiger partial charge in [-0.3, -0.25) is 0 Å². The highest BCUT2D eigenvalue weighted by molar-refractivity contribution is 6.35. The van der Waals surface area contributed by atoms with Crippen molar-refractivity contribution >= 4 is 34.8 Å². The van der Waals surface area contributed by atoms with Gasteiger partial charge < -0.3 is 10.0 Å². The Bertz CT molecular complexity index is 931. The van der Waals surface area contributed by atoms with E-state index >= 15 is 0 Å². The lowest BCUT2D eigenvalue weighted by atomic mass is 10.1. The first-order chi connectivity index (χ1) is 15.7. The molecule has 0 spiro atoms. The highest BCUT2D eigenvalue weighted by Gasteiger charge is 2.04. The van der Waals surface area contributed by atoms with Gasteiger partial charge in [-0.05, 0) is 35.8 Å². The van der Waals surface area contributed by atoms with Gasteiger partial charge in [0.25, 0.3) is 0 Å². The van der Waals surface area contributed by atoms with E-state index in [9.17, 15) is 4.39 Å². The second-order valence-corrected chi connectivity index (χ2v) is 7.64. The largest absolute Gasteiger partial charge is 0.514 e. The molecule has 0 unspecified atom stereocenters. The third kappa shape index (κ3) is 16.6. The van der Waals surface area contributed by atoms with Crippen LogP contribution in [0.1, 0.15) is 6.42 Å². The fourth-order valence-electron chi connectivity index (χ4n) is 2.27. The van der Waals surface area contributed by atoms with Crippen LogP contribution < -0.4 is 0 Å². The standard InChI is InChI=1S/C27H29Cl3FNO/c1-5-8-25(13-12-24(6-2)9-7-16-28)20-32(17-14-22(3)10-11-23(4)31)18-15-26(29)19-27(30)21-33/h5-13,15-16,18-19,21,33H,1-4,14,17,20H2/b11-10-,13-12+,16-7+,18-15+,24-9+,25-8+,26-19+,27-21-. The molecule has 0 amide bonds. The van der Waals surface area contributed by atoms with E-state index in [0.29, 0.717) is 24.5 Å². The number of aliphatic hydroxyl groups excluding tert-OH is 1. The Labute approximate surface area is 212 Å². The van der Waals surface area contributed by atoms with E-state index in [0.717, 1.165) is 23.0 Å². The predicted octanol–water partition coefficient (Wildman–Crippen LogP) is 9.08. The summed E-state index contributed by atoms with van der Waals surface area (Å²) < 4.78 is 12.9. The Morgan fingerprint density at radius 1 is 0.970 bits per heavy atom. The van der Waals surface area contributed by atoms with Crippen LogP contribution >= 0.6 is 34.8 Å². The Kier molecular flexibility index (Phi) is 17.3. The van der Waals surface area contributed by atoms with Gasteiger partial charge in [0, 0.05) is 29.9 Å². The molecule has 0 fully saturated rings. The van der Waals surface area contributed by atoms with Crippen molar-refractivity contribution in [2.24, 2.45) is 0 Å². The molecule has 0 bridgehead atoms. The summed E-state index contributed by atoms with van der Waals surface area (Å²) in [5.41, 5.74) is 4.00. The van der Waals surface area contributed by atoms with Crippen LogP contribution in [0.2, 0.25) is 0 Å². The third-order valence-electron chi connectivity index (χ3n) is 3.87. The summed E-state index contributed by atoms with van der Waals surface area (Å²) in [5, 5.41) is 9.36. The van der Waals surface area contributed by atoms with Crippen molar-refractivity contribution in [3.8, 4) is 0 Å². The van der Waals surface area contributed by atoms with Crippen LogP contribution in [0.15, 0.2) is 144 Å². The number of allylic oxidation sites excluding steroid dienone is 14. The maximum Gasteiger partial charge on any atom is 0.116 e. The Hall–Kier alpha value is -2.72. The van der Waals surface area contributed by atoms with E-state index in [-0.39, 0.29) is 5.03 Å². The zero-order chi connectivity index (χ0) is 25.1. The smallest absolute Gasteiger partial charge is 0.116 e. The monoisotopic (exact) mass is 507 g/mol. The van der Waals surface area contributed by atoms with Gasteiger partial charge in [0.1, 0.15) is 5.83 Å². The molecule has 0 aliphatic carbocycles. The summed E-state index contributed by atoms with van der Waals surface area (Å²) in [5.74, 6) is -0.532. The summed E-state index contributed by atoms with van der Waals surface area (Å²) in [6, 6.07) is 0. The molecule has 176 valence electrons. The van der Waals surface area contributed by atoms with Gasteiger partial charge in [0.15, 0.2) is 0 Å². The number of rotatable bonds is 15. The summed E-state index contributed by atoms with van der Waals surface area (Å²) in [7, 11) is 0. The minimum atomic E-state index is -0.532. The molecule has 0 saturated heterocycles. The minimum absolute atomic E-state index is 0.103. The van der Waals surface area contributed by atoms with Crippen molar-refractivity contribution < 1.29 is 9.50 Å². The third-order valence-corrected chi connectivity index (χ3v) is 4.46. The number of hydrogen-bond donors (Lipinski definition) is 1. The second kappa shape index (κ2) is 18.8. The van der Waals surface area contributed by atoms with E-state index in [4.69, 9.17) is 39.9 Å². The fourth-order valence-corrected chi connectivity index (χ4v) is 2.69. The van der Waals surface area contributed by atoms with Crippen LogP contribution in [0.4, 0.5) is 4.39 Å². The van der Waals surface area contributed by atoms with E-state index in [1.165, 1.54) is 17.7 Å². The maximum atomic E-state index is 12.9. The second-order valence-electron chi connectivity index (χ2n) is 6.52. The van der Waals surface area contributed by atoms with Gasteiger partial charge >= 0.3 is 0 Å². The Morgan fingerprint density at radius 2 is 1.70 bits per heavy atom. The van der Waals surface area contributed by atoms with Crippen molar-refractivity contribution in [2.75, 3.05) is 13.1 Å². The molecule has 0 aromatic carbocycles. The molecule has 0 atom stereocenters. The minimum Gasteiger partial charge on any atom is -0.514 e. The van der Waals surface area contributed by atoms with Crippen LogP contribution in [0.25, 0.3) is 0 Å². The van der Waals surface area contributed by atoms with Gasteiger partial charge in [0.05, 0.1) is 11.3 Å². The van der Waals surface area contributed by atoms with Crippen LogP contribution in [-0.4, -0.2) is 23.1 Å². The average molecular weight is 509 g/mol. The van der Waals surface area contributed by atoms with Crippen molar-refractivity contribution in [3.05, 3.63) is 144 Å². The summed E-state index contributed by atoms with van der Waals surface area (Å²) in [6.07, 6.45) is 21.8. The number of aliphatic hydroxyl groups is 1. The lowest BCUT2D eigenvalue weighted by Crippen LogP contribution is -2.21. The quantitative estimate of drug-likeness (QED) is 0.176. The lowest BCUT2D eigenvalue weighted by molar-refractivity contribution is 0.414. The average Bonchev–Trinajstić information content (AvgIpc) is 2.79. The van der Waals surface area contributed by atoms with E-state index < -0.39 is 5.83 Å². The first-order valence-electron chi connectivity index (χ1n) is 9.84. The van der Waals surface area contributed by atoms with Crippen LogP contribution in [-0.2, 0) is 0 Å². The molecule has 1 N–H and O–H groups in total. The zero-order valence-corrected chi connectivity index (χ0v) is 20.7. The zero-order valence-electron chi connectivity index (χ0n) is 18.4. The molecule has 0 saturated carbocycles. The topological polar surface area (TPSA) is 23.5 Å². The van der Waals surface area contributed by atoms with E-state index in [1.54, 1.807) is 36.6 Å². The Morgan fingerprint density at radius 3 is 2.27 bits per heavy atom. The fraction of sp³-hybridized carbons (Fsp3) is 0.111. The van der Waals surface area contributed by atoms with Gasteiger partial charge in [-0.25, -0.2) is 4.39 Å². The van der Waals surface area contributed by atoms with Crippen LogP contribution in [0.5, 0.6) is 0 Å². The number of halogens is 4. The van der Waals surface area contributed by atoms with Crippen molar-refractivity contribution in [1.82, 2.24) is 4.90 Å². The molecule has 0 aliphatic rings. The predicted molar refractivity (Wildman–Crippen MR) is 145 cm³/mol. The molecule has 0 heterocycles. The Balaban J connectivity index is 5.72. The van der Waals surface area contributed by atoms with Crippen LogP contribution in [0, 0.1) is 0 Å². The number of nitrogens with zero attached hydrogens (tertiary/aromatic N) is 1. The van der Waals surface area contributed by atoms with E-state index in [1.807, 2.05) is 29.2 Å². The molecular formula is C27H29Cl3FNO. The van der Waals surface area contributed by atoms with Gasteiger partial charge in [-0.1, -0.05) is 115 Å². The first-order valence-corrected chi connectivity index (χ1v) is 11.0. The van der Waals surface area contributed by atoms with E-state index in [2.05, 4.69) is 26.3 Å².